The van der Waals surface area contributed by atoms with Crippen LogP contribution < -0.4 is 0 Å². The van der Waals surface area contributed by atoms with Crippen LogP contribution in [0.2, 0.25) is 0 Å². The summed E-state index contributed by atoms with van der Waals surface area (Å²) >= 11 is 0. The van der Waals surface area contributed by atoms with Crippen LogP contribution in [0.1, 0.15) is 37.4 Å². The summed E-state index contributed by atoms with van der Waals surface area (Å²) in [6, 6.07) is 6.24. The maximum atomic E-state index is 12.8. The molecule has 1 aliphatic heterocycles. The molecule has 18 heavy (non-hydrogen) atoms. The van der Waals surface area contributed by atoms with Gasteiger partial charge in [0, 0.05) is 18.2 Å². The van der Waals surface area contributed by atoms with Crippen molar-refractivity contribution < 1.29 is 4.79 Å². The summed E-state index contributed by atoms with van der Waals surface area (Å²) in [5.41, 5.74) is 0.996. The van der Waals surface area contributed by atoms with E-state index in [2.05, 4.69) is 23.0 Å². The Kier molecular flexibility index (Phi) is 1.90. The van der Waals surface area contributed by atoms with Crippen LogP contribution in [0.15, 0.2) is 24.4 Å². The van der Waals surface area contributed by atoms with Gasteiger partial charge in [0.25, 0.3) is 0 Å². The van der Waals surface area contributed by atoms with Gasteiger partial charge in [-0.15, -0.1) is 0 Å². The van der Waals surface area contributed by atoms with Crippen molar-refractivity contribution in [1.29, 1.82) is 0 Å². The summed E-state index contributed by atoms with van der Waals surface area (Å²) < 4.78 is 0. The van der Waals surface area contributed by atoms with Gasteiger partial charge < -0.3 is 0 Å². The molecule has 3 nitrogen and oxygen atoms in total. The number of piperidine rings is 1. The predicted octanol–water partition coefficient (Wildman–Crippen LogP) is 2.20. The first-order valence-corrected chi connectivity index (χ1v) is 6.84. The van der Waals surface area contributed by atoms with Gasteiger partial charge in [0.2, 0.25) is 0 Å². The zero-order chi connectivity index (χ0) is 12.4. The second kappa shape index (κ2) is 3.21. The van der Waals surface area contributed by atoms with Crippen molar-refractivity contribution in [2.45, 2.75) is 31.7 Å². The monoisotopic (exact) mass is 242 g/mol. The Morgan fingerprint density at radius 3 is 2.61 bits per heavy atom. The predicted molar refractivity (Wildman–Crippen MR) is 67.9 cm³/mol. The van der Waals surface area contributed by atoms with Gasteiger partial charge in [0.05, 0.1) is 17.2 Å². The maximum absolute atomic E-state index is 12.8. The lowest BCUT2D eigenvalue weighted by molar-refractivity contribution is -0.138. The molecular weight excluding hydrogens is 224 g/mol. The first-order valence-electron chi connectivity index (χ1n) is 6.84. The highest BCUT2D eigenvalue weighted by Gasteiger charge is 2.69. The molecule has 1 unspecified atom stereocenters. The van der Waals surface area contributed by atoms with E-state index in [9.17, 15) is 4.79 Å². The van der Waals surface area contributed by atoms with E-state index in [0.29, 0.717) is 5.78 Å². The molecule has 2 aliphatic carbocycles. The Labute approximate surface area is 107 Å². The van der Waals surface area contributed by atoms with Crippen LogP contribution in [0.3, 0.4) is 0 Å². The Morgan fingerprint density at radius 1 is 1.28 bits per heavy atom. The largest absolute Gasteiger partial charge is 0.298 e. The normalized spacial score (nSPS) is 31.8. The Bertz CT molecular complexity index is 502. The second-order valence-corrected chi connectivity index (χ2v) is 6.34. The smallest absolute Gasteiger partial charge is 0.148 e. The van der Waals surface area contributed by atoms with Crippen molar-refractivity contribution in [1.82, 2.24) is 9.88 Å². The highest BCUT2D eigenvalue weighted by Crippen LogP contribution is 2.67. The molecule has 0 bridgehead atoms. The summed E-state index contributed by atoms with van der Waals surface area (Å²) in [5, 5.41) is 0. The van der Waals surface area contributed by atoms with E-state index in [1.165, 1.54) is 0 Å². The van der Waals surface area contributed by atoms with Crippen LogP contribution in [0, 0.1) is 10.8 Å². The number of ketones is 1. The van der Waals surface area contributed by atoms with Crippen molar-refractivity contribution in [3.05, 3.63) is 30.1 Å². The van der Waals surface area contributed by atoms with Crippen LogP contribution in [-0.4, -0.2) is 29.3 Å². The fourth-order valence-corrected chi connectivity index (χ4v) is 3.93. The Balaban J connectivity index is 1.77. The second-order valence-electron chi connectivity index (χ2n) is 6.34. The molecular formula is C15H18N2O. The molecule has 2 saturated carbocycles. The minimum absolute atomic E-state index is 0.0243. The third kappa shape index (κ3) is 1.23. The number of rotatable bonds is 1. The molecule has 3 aliphatic rings. The van der Waals surface area contributed by atoms with Crippen molar-refractivity contribution in [3.63, 3.8) is 0 Å². The Hall–Kier alpha value is -1.22. The molecule has 1 aromatic rings. The molecule has 2 heterocycles. The van der Waals surface area contributed by atoms with Crippen LogP contribution in [0.4, 0.5) is 0 Å². The van der Waals surface area contributed by atoms with Gasteiger partial charge in [-0.25, -0.2) is 0 Å². The molecule has 94 valence electrons. The summed E-state index contributed by atoms with van der Waals surface area (Å²) in [7, 11) is 2.16. The van der Waals surface area contributed by atoms with Crippen molar-refractivity contribution in [3.8, 4) is 0 Å². The number of likely N-dealkylation sites (tertiary alicyclic amines) is 1. The summed E-state index contributed by atoms with van der Waals surface area (Å²) in [6.07, 6.45) is 6.16. The number of hydrogen-bond donors (Lipinski definition) is 0. The van der Waals surface area contributed by atoms with Gasteiger partial charge in [-0.2, -0.15) is 0 Å². The van der Waals surface area contributed by atoms with E-state index >= 15 is 0 Å². The van der Waals surface area contributed by atoms with E-state index in [0.717, 1.165) is 37.9 Å². The van der Waals surface area contributed by atoms with Crippen molar-refractivity contribution in [2.75, 3.05) is 13.6 Å². The van der Waals surface area contributed by atoms with Gasteiger partial charge in [0.15, 0.2) is 0 Å². The third-order valence-corrected chi connectivity index (χ3v) is 5.06. The lowest BCUT2D eigenvalue weighted by atomic mass is 9.76. The van der Waals surface area contributed by atoms with E-state index in [-0.39, 0.29) is 16.9 Å². The number of nitrogens with zero attached hydrogens (tertiary/aromatic N) is 2. The standard InChI is InChI=1S/C15H18N2O/c1-17-10-14(5-6-14)13(18)15(7-8-15)12(17)11-4-2-3-9-16-11/h2-4,9,12H,5-8,10H2,1H3. The number of Topliss-reactive ketones (excluding diaryl/α,β-unsaturated/α-hetero) is 1. The first kappa shape index (κ1) is 10.7. The highest BCUT2D eigenvalue weighted by atomic mass is 16.1. The molecule has 0 amide bonds. The highest BCUT2D eigenvalue weighted by molar-refractivity contribution is 5.96. The number of aromatic nitrogens is 1. The van der Waals surface area contributed by atoms with Crippen LogP contribution in [0.25, 0.3) is 0 Å². The van der Waals surface area contributed by atoms with E-state index < -0.39 is 0 Å². The molecule has 0 N–H and O–H groups in total. The fraction of sp³-hybridized carbons (Fsp3) is 0.600. The Morgan fingerprint density at radius 2 is 2.06 bits per heavy atom. The van der Waals surface area contributed by atoms with Gasteiger partial charge in [-0.3, -0.25) is 14.7 Å². The lowest BCUT2D eigenvalue weighted by Gasteiger charge is -2.42. The number of pyridine rings is 1. The molecule has 3 fully saturated rings. The van der Waals surface area contributed by atoms with E-state index in [1.807, 2.05) is 18.3 Å². The SMILES string of the molecule is CN1CC2(CC2)C(=O)C2(CC2)C1c1ccccn1. The average molecular weight is 242 g/mol. The topological polar surface area (TPSA) is 33.2 Å². The summed E-state index contributed by atoms with van der Waals surface area (Å²) in [5.74, 6) is 0.545. The summed E-state index contributed by atoms with van der Waals surface area (Å²) in [6.45, 7) is 0.925. The van der Waals surface area contributed by atoms with E-state index in [1.54, 1.807) is 0 Å². The minimum Gasteiger partial charge on any atom is -0.298 e. The maximum Gasteiger partial charge on any atom is 0.148 e. The van der Waals surface area contributed by atoms with Crippen LogP contribution in [0.5, 0.6) is 0 Å². The van der Waals surface area contributed by atoms with Gasteiger partial charge in [0.1, 0.15) is 5.78 Å². The zero-order valence-corrected chi connectivity index (χ0v) is 10.7. The van der Waals surface area contributed by atoms with Gasteiger partial charge in [-0.05, 0) is 44.9 Å². The molecule has 0 aromatic carbocycles. The number of carbonyl (C=O) groups is 1. The fourth-order valence-electron chi connectivity index (χ4n) is 3.93. The molecule has 1 atom stereocenters. The molecule has 1 aromatic heterocycles. The van der Waals surface area contributed by atoms with Crippen molar-refractivity contribution >= 4 is 5.78 Å². The lowest BCUT2D eigenvalue weighted by Crippen LogP contribution is -2.50. The van der Waals surface area contributed by atoms with Gasteiger partial charge in [-0.1, -0.05) is 6.07 Å². The molecule has 2 spiro atoms. The van der Waals surface area contributed by atoms with Crippen molar-refractivity contribution in [2.24, 2.45) is 10.8 Å². The average Bonchev–Trinajstić information content (AvgIpc) is 3.26. The van der Waals surface area contributed by atoms with Crippen LogP contribution in [-0.2, 0) is 4.79 Å². The molecule has 0 radical (unpaired) electrons. The first-order chi connectivity index (χ1) is 8.68. The quantitative estimate of drug-likeness (QED) is 0.757. The van der Waals surface area contributed by atoms with E-state index in [4.69, 9.17) is 0 Å². The summed E-state index contributed by atoms with van der Waals surface area (Å²) in [4.78, 5) is 19.6. The molecule has 1 saturated heterocycles. The van der Waals surface area contributed by atoms with Gasteiger partial charge >= 0.3 is 0 Å². The number of hydrogen-bond acceptors (Lipinski definition) is 3. The molecule has 4 rings (SSSR count). The third-order valence-electron chi connectivity index (χ3n) is 5.06. The molecule has 3 heteroatoms. The number of carbonyl (C=O) groups excluding carboxylic acids is 1. The minimum atomic E-state index is -0.0994. The zero-order valence-electron chi connectivity index (χ0n) is 10.7. The van der Waals surface area contributed by atoms with Crippen LogP contribution >= 0.6 is 0 Å².